The molecule has 3 N–H and O–H groups in total. The van der Waals surface area contributed by atoms with Crippen LogP contribution in [0.25, 0.3) is 11.6 Å². The number of carbonyl (C=O) groups excluding carboxylic acids is 2. The van der Waals surface area contributed by atoms with Gasteiger partial charge in [0.2, 0.25) is 5.91 Å². The van der Waals surface area contributed by atoms with Crippen LogP contribution in [0.4, 0.5) is 18.9 Å². The molecule has 1 atom stereocenters. The molecule has 0 aromatic heterocycles. The first-order valence-corrected chi connectivity index (χ1v) is 9.45. The molecular weight excluding hydrogens is 429 g/mol. The number of carbonyl (C=O) groups is 3. The second kappa shape index (κ2) is 10.6. The molecule has 0 radical (unpaired) electrons. The van der Waals surface area contributed by atoms with Crippen molar-refractivity contribution in [3.8, 4) is 0 Å². The number of nitrogens with two attached hydrogens (primary N) is 1. The van der Waals surface area contributed by atoms with Crippen LogP contribution in [-0.2, 0) is 19.1 Å². The van der Waals surface area contributed by atoms with Crippen molar-refractivity contribution in [1.82, 2.24) is 0 Å². The van der Waals surface area contributed by atoms with Gasteiger partial charge in [0, 0.05) is 0 Å². The van der Waals surface area contributed by atoms with Crippen LogP contribution in [-0.4, -0.2) is 48.3 Å². The molecule has 1 heterocycles. The van der Waals surface area contributed by atoms with Crippen LogP contribution in [0.5, 0.6) is 0 Å². The second-order valence-electron chi connectivity index (χ2n) is 6.53. The number of carboxylic acid groups (broad SMARTS) is 1. The van der Waals surface area contributed by atoms with Crippen LogP contribution < -0.4 is 10.6 Å². The molecule has 0 aliphatic carbocycles. The number of para-hydroxylation sites is 1. The van der Waals surface area contributed by atoms with E-state index in [0.717, 1.165) is 16.7 Å². The minimum Gasteiger partial charge on any atom is -0.475 e. The summed E-state index contributed by atoms with van der Waals surface area (Å²) in [7, 11) is 0. The van der Waals surface area contributed by atoms with Gasteiger partial charge in [0.1, 0.15) is 12.6 Å². The predicted octanol–water partition coefficient (Wildman–Crippen LogP) is 3.10. The number of fused-ring (bicyclic) bond motifs is 1. The Labute approximate surface area is 181 Å². The van der Waals surface area contributed by atoms with E-state index >= 15 is 0 Å². The highest BCUT2D eigenvalue weighted by atomic mass is 19.4. The summed E-state index contributed by atoms with van der Waals surface area (Å²) in [6, 6.07) is 16.1. The van der Waals surface area contributed by atoms with Crippen molar-refractivity contribution in [2.24, 2.45) is 5.73 Å². The maximum absolute atomic E-state index is 13.0. The summed E-state index contributed by atoms with van der Waals surface area (Å²) in [5.41, 5.74) is 9.37. The molecule has 1 unspecified atom stereocenters. The Kier molecular flexibility index (Phi) is 8.14. The van der Waals surface area contributed by atoms with Gasteiger partial charge in [-0.3, -0.25) is 14.5 Å². The molecule has 0 bridgehead atoms. The van der Waals surface area contributed by atoms with Crippen molar-refractivity contribution in [3.05, 3.63) is 65.7 Å². The van der Waals surface area contributed by atoms with Crippen LogP contribution in [0.15, 0.2) is 54.6 Å². The fourth-order valence-electron chi connectivity index (χ4n) is 2.92. The highest BCUT2D eigenvalue weighted by Crippen LogP contribution is 2.32. The maximum atomic E-state index is 13.0. The number of ether oxygens (including phenoxy) is 1. The van der Waals surface area contributed by atoms with E-state index in [1.807, 2.05) is 60.7 Å². The number of benzene rings is 2. The zero-order valence-electron chi connectivity index (χ0n) is 17.0. The van der Waals surface area contributed by atoms with Crippen LogP contribution in [0, 0.1) is 0 Å². The average molecular weight is 450 g/mol. The molecule has 0 fully saturated rings. The maximum Gasteiger partial charge on any atom is 0.490 e. The lowest BCUT2D eigenvalue weighted by Crippen LogP contribution is -2.46. The Balaban J connectivity index is 0.000000451. The van der Waals surface area contributed by atoms with E-state index in [2.05, 4.69) is 0 Å². The number of esters is 1. The predicted molar refractivity (Wildman–Crippen MR) is 111 cm³/mol. The molecule has 2 aromatic carbocycles. The number of halogens is 3. The van der Waals surface area contributed by atoms with E-state index in [9.17, 15) is 22.8 Å². The summed E-state index contributed by atoms with van der Waals surface area (Å²) in [5, 5.41) is 7.12. The summed E-state index contributed by atoms with van der Waals surface area (Å²) in [6.07, 6.45) is -3.17. The van der Waals surface area contributed by atoms with Crippen molar-refractivity contribution >= 4 is 35.2 Å². The Morgan fingerprint density at radius 1 is 1.09 bits per heavy atom. The lowest BCUT2D eigenvalue weighted by Gasteiger charge is -2.24. The van der Waals surface area contributed by atoms with E-state index in [1.54, 1.807) is 6.92 Å². The smallest absolute Gasteiger partial charge is 0.475 e. The number of aliphatic carboxylic acids is 1. The molecule has 2 aromatic rings. The van der Waals surface area contributed by atoms with E-state index < -0.39 is 24.2 Å². The topological polar surface area (TPSA) is 110 Å². The minimum absolute atomic E-state index is 0.159. The first-order chi connectivity index (χ1) is 15.1. The molecule has 32 heavy (non-hydrogen) atoms. The lowest BCUT2D eigenvalue weighted by molar-refractivity contribution is -0.192. The van der Waals surface area contributed by atoms with Gasteiger partial charge in [0.25, 0.3) is 0 Å². The number of carboxylic acids is 1. The molecular formula is C22H21F3N2O5. The van der Waals surface area contributed by atoms with E-state index in [1.165, 1.54) is 4.90 Å². The summed E-state index contributed by atoms with van der Waals surface area (Å²) < 4.78 is 36.7. The molecule has 1 aliphatic heterocycles. The van der Waals surface area contributed by atoms with Crippen molar-refractivity contribution < 1.29 is 37.4 Å². The Morgan fingerprint density at radius 3 is 2.22 bits per heavy atom. The third-order valence-corrected chi connectivity index (χ3v) is 4.35. The highest BCUT2D eigenvalue weighted by Gasteiger charge is 2.38. The van der Waals surface area contributed by atoms with Gasteiger partial charge in [-0.2, -0.15) is 13.2 Å². The van der Waals surface area contributed by atoms with Gasteiger partial charge in [-0.25, -0.2) is 4.79 Å². The van der Waals surface area contributed by atoms with Gasteiger partial charge in [0.15, 0.2) is 0 Å². The number of alkyl halides is 3. The Hall–Kier alpha value is -3.66. The van der Waals surface area contributed by atoms with E-state index in [-0.39, 0.29) is 19.1 Å². The van der Waals surface area contributed by atoms with Crippen molar-refractivity contribution in [2.45, 2.75) is 19.1 Å². The first kappa shape index (κ1) is 24.6. The molecule has 0 saturated carbocycles. The number of anilines is 1. The molecule has 1 amide bonds. The third-order valence-electron chi connectivity index (χ3n) is 4.35. The van der Waals surface area contributed by atoms with Crippen LogP contribution >= 0.6 is 0 Å². The van der Waals surface area contributed by atoms with Crippen molar-refractivity contribution in [2.75, 3.05) is 18.1 Å². The van der Waals surface area contributed by atoms with Gasteiger partial charge < -0.3 is 15.6 Å². The fraction of sp³-hybridized carbons (Fsp3) is 0.227. The quantitative estimate of drug-likeness (QED) is 0.693. The summed E-state index contributed by atoms with van der Waals surface area (Å²) in [4.78, 5) is 35.2. The van der Waals surface area contributed by atoms with E-state index in [0.29, 0.717) is 5.69 Å². The molecule has 1 aliphatic rings. The van der Waals surface area contributed by atoms with Gasteiger partial charge in [-0.1, -0.05) is 48.5 Å². The average Bonchev–Trinajstić information content (AvgIpc) is 2.85. The number of amides is 1. The summed E-state index contributed by atoms with van der Waals surface area (Å²) in [5.74, 6) is -3.54. The highest BCUT2D eigenvalue weighted by molar-refractivity contribution is 6.13. The standard InChI is InChI=1S/C20H20N2O3.C2HF3O2/c1-2-25-18(23)13-22-17-11-7-6-10-15(17)12-16(19(21)20(22)24)14-8-4-3-5-9-14;3-2(4,5)1(6)7/h3-12,19H,2,13,21H2,1H3;(H,6,7). The monoisotopic (exact) mass is 450 g/mol. The molecule has 170 valence electrons. The Bertz CT molecular complexity index is 1010. The third kappa shape index (κ3) is 6.17. The lowest BCUT2D eigenvalue weighted by atomic mass is 9.97. The molecule has 0 saturated heterocycles. The van der Waals surface area contributed by atoms with Gasteiger partial charge >= 0.3 is 18.1 Å². The molecule has 7 nitrogen and oxygen atoms in total. The normalized spacial score (nSPS) is 15.5. The summed E-state index contributed by atoms with van der Waals surface area (Å²) in [6.45, 7) is 1.84. The summed E-state index contributed by atoms with van der Waals surface area (Å²) >= 11 is 0. The number of rotatable bonds is 4. The number of hydrogen-bond donors (Lipinski definition) is 2. The SMILES string of the molecule is CCOC(=O)CN1C(=O)C(N)C(c2ccccc2)=Cc2ccccc21.O=C(O)C(F)(F)F. The second-order valence-corrected chi connectivity index (χ2v) is 6.53. The largest absolute Gasteiger partial charge is 0.490 e. The van der Waals surface area contributed by atoms with E-state index in [4.69, 9.17) is 20.4 Å². The number of nitrogens with zero attached hydrogens (tertiary/aromatic N) is 1. The Morgan fingerprint density at radius 2 is 1.66 bits per heavy atom. The van der Waals surface area contributed by atoms with Crippen LogP contribution in [0.2, 0.25) is 0 Å². The van der Waals surface area contributed by atoms with Gasteiger partial charge in [0.05, 0.1) is 12.3 Å². The van der Waals surface area contributed by atoms with Gasteiger partial charge in [-0.05, 0) is 35.8 Å². The number of hydrogen-bond acceptors (Lipinski definition) is 5. The fourth-order valence-corrected chi connectivity index (χ4v) is 2.92. The van der Waals surface area contributed by atoms with Crippen LogP contribution in [0.1, 0.15) is 18.1 Å². The van der Waals surface area contributed by atoms with Gasteiger partial charge in [-0.15, -0.1) is 0 Å². The molecule has 3 rings (SSSR count). The van der Waals surface area contributed by atoms with Crippen LogP contribution in [0.3, 0.4) is 0 Å². The van der Waals surface area contributed by atoms with Crippen molar-refractivity contribution in [3.63, 3.8) is 0 Å². The molecule has 0 spiro atoms. The zero-order valence-corrected chi connectivity index (χ0v) is 17.0. The minimum atomic E-state index is -5.08. The van der Waals surface area contributed by atoms with Crippen molar-refractivity contribution in [1.29, 1.82) is 0 Å². The zero-order chi connectivity index (χ0) is 23.9. The first-order valence-electron chi connectivity index (χ1n) is 9.45. The molecule has 10 heteroatoms.